The second-order valence-corrected chi connectivity index (χ2v) is 8.35. The van der Waals surface area contributed by atoms with Gasteiger partial charge in [0.25, 0.3) is 0 Å². The summed E-state index contributed by atoms with van der Waals surface area (Å²) in [6.45, 7) is 5.79. The molecule has 32 heavy (non-hydrogen) atoms. The monoisotopic (exact) mass is 440 g/mol. The number of aliphatic imine (C=N–C) groups is 1. The summed E-state index contributed by atoms with van der Waals surface area (Å²) in [6, 6.07) is 15.4. The third-order valence-corrected chi connectivity index (χ3v) is 6.48. The van der Waals surface area contributed by atoms with Crippen molar-refractivity contribution < 1.29 is 13.9 Å². The molecule has 0 aromatic heterocycles. The Bertz CT molecular complexity index is 882. The molecule has 0 saturated carbocycles. The zero-order valence-electron chi connectivity index (χ0n) is 19.0. The van der Waals surface area contributed by atoms with Crippen LogP contribution in [0.3, 0.4) is 0 Å². The third kappa shape index (κ3) is 5.40. The first-order valence-corrected chi connectivity index (χ1v) is 11.3. The Labute approximate surface area is 190 Å². The van der Waals surface area contributed by atoms with E-state index in [2.05, 4.69) is 32.2 Å². The average Bonchev–Trinajstić information content (AvgIpc) is 3.33. The number of hydrogen-bond donors (Lipinski definition) is 1. The van der Waals surface area contributed by atoms with Gasteiger partial charge in [0.05, 0.1) is 26.4 Å². The molecule has 7 heteroatoms. The number of hydrogen-bond acceptors (Lipinski definition) is 4. The summed E-state index contributed by atoms with van der Waals surface area (Å²) >= 11 is 0. The highest BCUT2D eigenvalue weighted by molar-refractivity contribution is 5.80. The number of halogens is 1. The Morgan fingerprint density at radius 3 is 2.50 bits per heavy atom. The molecule has 0 amide bonds. The number of guanidine groups is 1. The predicted octanol–water partition coefficient (Wildman–Crippen LogP) is 3.27. The highest BCUT2D eigenvalue weighted by Crippen LogP contribution is 2.29. The van der Waals surface area contributed by atoms with Crippen molar-refractivity contribution >= 4 is 5.96 Å². The Balaban J connectivity index is 1.40. The van der Waals surface area contributed by atoms with Gasteiger partial charge >= 0.3 is 0 Å². The fraction of sp³-hybridized carbons (Fsp3) is 0.480. The van der Waals surface area contributed by atoms with Gasteiger partial charge in [0, 0.05) is 45.7 Å². The maximum absolute atomic E-state index is 13.5. The summed E-state index contributed by atoms with van der Waals surface area (Å²) in [5.41, 5.74) is 2.44. The van der Waals surface area contributed by atoms with Crippen LogP contribution >= 0.6 is 0 Å². The van der Waals surface area contributed by atoms with Gasteiger partial charge < -0.3 is 19.7 Å². The van der Waals surface area contributed by atoms with E-state index in [-0.39, 0.29) is 11.9 Å². The van der Waals surface area contributed by atoms with Crippen molar-refractivity contribution in [2.75, 3.05) is 60.1 Å². The SMILES string of the molecule is CN=C(NCC(c1ccc(F)cc1)N1CCOCC1)N1CCC(c2ccc(OC)cc2)C1. The van der Waals surface area contributed by atoms with Crippen molar-refractivity contribution in [3.8, 4) is 5.75 Å². The van der Waals surface area contributed by atoms with Gasteiger partial charge in [0.15, 0.2) is 5.96 Å². The number of rotatable bonds is 6. The lowest BCUT2D eigenvalue weighted by molar-refractivity contribution is 0.0169. The molecular formula is C25H33FN4O2. The second-order valence-electron chi connectivity index (χ2n) is 8.35. The van der Waals surface area contributed by atoms with E-state index in [1.807, 2.05) is 31.3 Å². The summed E-state index contributed by atoms with van der Waals surface area (Å²) in [7, 11) is 3.53. The van der Waals surface area contributed by atoms with Crippen molar-refractivity contribution in [2.24, 2.45) is 4.99 Å². The summed E-state index contributed by atoms with van der Waals surface area (Å²) in [5.74, 6) is 2.07. The van der Waals surface area contributed by atoms with Crippen LogP contribution in [0.15, 0.2) is 53.5 Å². The van der Waals surface area contributed by atoms with Gasteiger partial charge in [-0.05, 0) is 41.8 Å². The molecular weight excluding hydrogens is 407 g/mol. The second kappa shape index (κ2) is 10.8. The van der Waals surface area contributed by atoms with Crippen LogP contribution in [-0.2, 0) is 4.74 Å². The number of ether oxygens (including phenoxy) is 2. The van der Waals surface area contributed by atoms with E-state index in [9.17, 15) is 4.39 Å². The van der Waals surface area contributed by atoms with E-state index >= 15 is 0 Å². The van der Waals surface area contributed by atoms with Crippen LogP contribution < -0.4 is 10.1 Å². The van der Waals surface area contributed by atoms with Crippen LogP contribution in [0.5, 0.6) is 5.75 Å². The normalized spacial score (nSPS) is 20.9. The van der Waals surface area contributed by atoms with E-state index < -0.39 is 0 Å². The zero-order chi connectivity index (χ0) is 22.3. The lowest BCUT2D eigenvalue weighted by Crippen LogP contribution is -2.47. The number of nitrogens with one attached hydrogen (secondary N) is 1. The minimum atomic E-state index is -0.208. The highest BCUT2D eigenvalue weighted by Gasteiger charge is 2.28. The van der Waals surface area contributed by atoms with Gasteiger partial charge in [0.1, 0.15) is 11.6 Å². The number of nitrogens with zero attached hydrogens (tertiary/aromatic N) is 3. The summed E-state index contributed by atoms with van der Waals surface area (Å²) in [6.07, 6.45) is 1.10. The van der Waals surface area contributed by atoms with Crippen LogP contribution in [0.2, 0.25) is 0 Å². The van der Waals surface area contributed by atoms with E-state index in [0.717, 1.165) is 63.1 Å². The van der Waals surface area contributed by atoms with E-state index in [1.165, 1.54) is 17.7 Å². The van der Waals surface area contributed by atoms with Crippen molar-refractivity contribution in [1.29, 1.82) is 0 Å². The minimum Gasteiger partial charge on any atom is -0.497 e. The Morgan fingerprint density at radius 1 is 1.12 bits per heavy atom. The van der Waals surface area contributed by atoms with Crippen LogP contribution in [0.4, 0.5) is 4.39 Å². The van der Waals surface area contributed by atoms with Crippen molar-refractivity contribution in [3.63, 3.8) is 0 Å². The Morgan fingerprint density at radius 2 is 1.84 bits per heavy atom. The average molecular weight is 441 g/mol. The highest BCUT2D eigenvalue weighted by atomic mass is 19.1. The molecule has 0 aliphatic carbocycles. The molecule has 0 radical (unpaired) electrons. The number of likely N-dealkylation sites (tertiary alicyclic amines) is 1. The van der Waals surface area contributed by atoms with Gasteiger partial charge in [-0.2, -0.15) is 0 Å². The van der Waals surface area contributed by atoms with Crippen molar-refractivity contribution in [1.82, 2.24) is 15.1 Å². The first-order chi connectivity index (χ1) is 15.7. The molecule has 0 spiro atoms. The summed E-state index contributed by atoms with van der Waals surface area (Å²) in [4.78, 5) is 9.29. The maximum atomic E-state index is 13.5. The molecule has 1 N–H and O–H groups in total. The van der Waals surface area contributed by atoms with Gasteiger partial charge in [-0.25, -0.2) is 4.39 Å². The van der Waals surface area contributed by atoms with Gasteiger partial charge in [-0.15, -0.1) is 0 Å². The number of methoxy groups -OCH3 is 1. The molecule has 2 aliphatic rings. The quantitative estimate of drug-likeness (QED) is 0.552. The summed E-state index contributed by atoms with van der Waals surface area (Å²) < 4.78 is 24.3. The minimum absolute atomic E-state index is 0.135. The molecule has 2 aromatic rings. The molecule has 2 heterocycles. The van der Waals surface area contributed by atoms with Gasteiger partial charge in [-0.3, -0.25) is 9.89 Å². The molecule has 2 saturated heterocycles. The molecule has 2 atom stereocenters. The van der Waals surface area contributed by atoms with Crippen molar-refractivity contribution in [3.05, 3.63) is 65.5 Å². The molecule has 0 bridgehead atoms. The smallest absolute Gasteiger partial charge is 0.193 e. The summed E-state index contributed by atoms with van der Waals surface area (Å²) in [5, 5.41) is 3.59. The lowest BCUT2D eigenvalue weighted by Gasteiger charge is -2.35. The van der Waals surface area contributed by atoms with E-state index in [1.54, 1.807) is 7.11 Å². The number of benzene rings is 2. The maximum Gasteiger partial charge on any atom is 0.193 e. The van der Waals surface area contributed by atoms with Crippen LogP contribution in [-0.4, -0.2) is 75.9 Å². The Kier molecular flexibility index (Phi) is 7.60. The Hall–Kier alpha value is -2.64. The molecule has 2 unspecified atom stereocenters. The zero-order valence-corrected chi connectivity index (χ0v) is 19.0. The van der Waals surface area contributed by atoms with Crippen LogP contribution in [0.1, 0.15) is 29.5 Å². The first kappa shape index (κ1) is 22.6. The van der Waals surface area contributed by atoms with Gasteiger partial charge in [-0.1, -0.05) is 24.3 Å². The molecule has 2 aliphatic heterocycles. The van der Waals surface area contributed by atoms with E-state index in [0.29, 0.717) is 12.5 Å². The molecule has 6 nitrogen and oxygen atoms in total. The first-order valence-electron chi connectivity index (χ1n) is 11.3. The van der Waals surface area contributed by atoms with Crippen molar-refractivity contribution in [2.45, 2.75) is 18.4 Å². The molecule has 2 fully saturated rings. The lowest BCUT2D eigenvalue weighted by atomic mass is 9.98. The molecule has 2 aromatic carbocycles. The largest absolute Gasteiger partial charge is 0.497 e. The van der Waals surface area contributed by atoms with E-state index in [4.69, 9.17) is 9.47 Å². The van der Waals surface area contributed by atoms with Gasteiger partial charge in [0.2, 0.25) is 0 Å². The van der Waals surface area contributed by atoms with Crippen LogP contribution in [0, 0.1) is 5.82 Å². The van der Waals surface area contributed by atoms with Crippen LogP contribution in [0.25, 0.3) is 0 Å². The predicted molar refractivity (Wildman–Crippen MR) is 125 cm³/mol. The molecule has 4 rings (SSSR count). The molecule has 172 valence electrons. The topological polar surface area (TPSA) is 49.3 Å². The third-order valence-electron chi connectivity index (χ3n) is 6.48. The fourth-order valence-electron chi connectivity index (χ4n) is 4.65. The fourth-order valence-corrected chi connectivity index (χ4v) is 4.65. The standard InChI is InChI=1S/C25H33FN4O2/c1-27-25(30-12-11-21(18-30)19-5-9-23(31-2)10-6-19)28-17-24(29-13-15-32-16-14-29)20-3-7-22(26)8-4-20/h3-10,21,24H,11-18H2,1-2H3,(H,27,28). The number of morpholine rings is 1.